The van der Waals surface area contributed by atoms with Crippen LogP contribution in [0.1, 0.15) is 17.3 Å². The molecule has 5 heteroatoms. The van der Waals surface area contributed by atoms with Crippen molar-refractivity contribution in [2.45, 2.75) is 12.5 Å². The zero-order chi connectivity index (χ0) is 9.14. The molecule has 66 valence electrons. The Labute approximate surface area is 79.3 Å². The Morgan fingerprint density at radius 1 is 1.75 bits per heavy atom. The second-order valence-corrected chi connectivity index (χ2v) is 3.76. The van der Waals surface area contributed by atoms with Crippen molar-refractivity contribution in [2.24, 2.45) is 11.5 Å². The van der Waals surface area contributed by atoms with Crippen LogP contribution in [0.3, 0.4) is 0 Å². The number of hydrogen-bond donors (Lipinski definition) is 2. The number of thiophene rings is 1. The minimum Gasteiger partial charge on any atom is -0.370 e. The number of amides is 1. The van der Waals surface area contributed by atoms with Crippen LogP contribution in [-0.4, -0.2) is 5.91 Å². The molecule has 0 aliphatic rings. The lowest BCUT2D eigenvalue weighted by molar-refractivity contribution is -0.118. The maximum Gasteiger partial charge on any atom is 0.219 e. The largest absolute Gasteiger partial charge is 0.370 e. The number of rotatable bonds is 3. The van der Waals surface area contributed by atoms with Crippen molar-refractivity contribution in [3.05, 3.63) is 21.3 Å². The lowest BCUT2D eigenvalue weighted by atomic mass is 10.2. The van der Waals surface area contributed by atoms with Gasteiger partial charge in [-0.1, -0.05) is 11.6 Å². The van der Waals surface area contributed by atoms with Gasteiger partial charge in [0.05, 0.1) is 5.02 Å². The van der Waals surface area contributed by atoms with Gasteiger partial charge in [0.25, 0.3) is 0 Å². The molecule has 0 unspecified atom stereocenters. The van der Waals surface area contributed by atoms with Crippen LogP contribution in [0.15, 0.2) is 11.4 Å². The van der Waals surface area contributed by atoms with Gasteiger partial charge in [0.1, 0.15) is 0 Å². The van der Waals surface area contributed by atoms with Crippen LogP contribution in [0.4, 0.5) is 0 Å². The van der Waals surface area contributed by atoms with Crippen molar-refractivity contribution >= 4 is 28.8 Å². The summed E-state index contributed by atoms with van der Waals surface area (Å²) in [6, 6.07) is 1.39. The Morgan fingerprint density at radius 3 is 2.83 bits per heavy atom. The minimum absolute atomic E-state index is 0.139. The molecule has 0 aliphatic carbocycles. The number of halogens is 1. The molecule has 1 heterocycles. The molecule has 0 spiro atoms. The Bertz CT molecular complexity index is 287. The molecule has 1 amide bonds. The number of carbonyl (C=O) groups is 1. The van der Waals surface area contributed by atoms with Crippen LogP contribution in [0.5, 0.6) is 0 Å². The fraction of sp³-hybridized carbons (Fsp3) is 0.286. The molecule has 1 aromatic heterocycles. The first-order chi connectivity index (χ1) is 5.61. The van der Waals surface area contributed by atoms with Crippen LogP contribution >= 0.6 is 22.9 Å². The molecule has 0 radical (unpaired) electrons. The first-order valence-corrected chi connectivity index (χ1v) is 4.64. The van der Waals surface area contributed by atoms with Gasteiger partial charge in [-0.3, -0.25) is 4.79 Å². The number of nitrogens with two attached hydrogens (primary N) is 2. The molecule has 0 fully saturated rings. The predicted octanol–water partition coefficient (Wildman–Crippen LogP) is 1.28. The van der Waals surface area contributed by atoms with Gasteiger partial charge >= 0.3 is 0 Å². The Balaban J connectivity index is 2.71. The minimum atomic E-state index is -0.410. The highest BCUT2D eigenvalue weighted by molar-refractivity contribution is 7.10. The average molecular weight is 205 g/mol. The maximum absolute atomic E-state index is 10.5. The second kappa shape index (κ2) is 3.89. The SMILES string of the molecule is NC(=O)C[C@H](N)c1sccc1Cl. The van der Waals surface area contributed by atoms with Crippen LogP contribution in [0.2, 0.25) is 5.02 Å². The molecular weight excluding hydrogens is 196 g/mol. The van der Waals surface area contributed by atoms with E-state index in [1.807, 2.05) is 5.38 Å². The topological polar surface area (TPSA) is 69.1 Å². The maximum atomic E-state index is 10.5. The third-order valence-electron chi connectivity index (χ3n) is 1.40. The summed E-state index contributed by atoms with van der Waals surface area (Å²) in [5.74, 6) is -0.410. The molecule has 0 bridgehead atoms. The van der Waals surface area contributed by atoms with Gasteiger partial charge in [0.2, 0.25) is 5.91 Å². The fourth-order valence-corrected chi connectivity index (χ4v) is 2.08. The van der Waals surface area contributed by atoms with E-state index in [0.29, 0.717) is 5.02 Å². The van der Waals surface area contributed by atoms with Crippen molar-refractivity contribution in [1.82, 2.24) is 0 Å². The highest BCUT2D eigenvalue weighted by Crippen LogP contribution is 2.28. The van der Waals surface area contributed by atoms with E-state index in [0.717, 1.165) is 4.88 Å². The molecule has 12 heavy (non-hydrogen) atoms. The van der Waals surface area contributed by atoms with E-state index in [2.05, 4.69) is 0 Å². The van der Waals surface area contributed by atoms with Crippen molar-refractivity contribution < 1.29 is 4.79 Å². The van der Waals surface area contributed by atoms with Crippen LogP contribution in [0.25, 0.3) is 0 Å². The van der Waals surface area contributed by atoms with E-state index in [1.54, 1.807) is 6.07 Å². The lowest BCUT2D eigenvalue weighted by Gasteiger charge is -2.06. The zero-order valence-corrected chi connectivity index (χ0v) is 7.86. The standard InChI is InChI=1S/C7H9ClN2OS/c8-4-1-2-12-7(4)5(9)3-6(10)11/h1-2,5H,3,9H2,(H2,10,11)/t5-/m0/s1. The normalized spacial score (nSPS) is 12.8. The molecule has 0 saturated carbocycles. The monoisotopic (exact) mass is 204 g/mol. The third-order valence-corrected chi connectivity index (χ3v) is 2.89. The van der Waals surface area contributed by atoms with E-state index in [-0.39, 0.29) is 12.5 Å². The summed E-state index contributed by atoms with van der Waals surface area (Å²) in [7, 11) is 0. The number of carbonyl (C=O) groups excluding carboxylic acids is 1. The highest BCUT2D eigenvalue weighted by Gasteiger charge is 2.13. The molecule has 1 aromatic rings. The number of hydrogen-bond acceptors (Lipinski definition) is 3. The molecule has 1 atom stereocenters. The average Bonchev–Trinajstić information content (AvgIpc) is 2.33. The van der Waals surface area contributed by atoms with E-state index in [9.17, 15) is 4.79 Å². The van der Waals surface area contributed by atoms with E-state index < -0.39 is 5.91 Å². The summed E-state index contributed by atoms with van der Waals surface area (Å²) in [4.78, 5) is 11.3. The van der Waals surface area contributed by atoms with Gasteiger partial charge in [-0.15, -0.1) is 11.3 Å². The summed E-state index contributed by atoms with van der Waals surface area (Å²) in [6.07, 6.45) is 0.139. The van der Waals surface area contributed by atoms with Gasteiger partial charge in [-0.25, -0.2) is 0 Å². The molecular formula is C7H9ClN2OS. The fourth-order valence-electron chi connectivity index (χ4n) is 0.879. The van der Waals surface area contributed by atoms with Gasteiger partial charge in [-0.05, 0) is 11.4 Å². The number of primary amides is 1. The zero-order valence-electron chi connectivity index (χ0n) is 6.29. The van der Waals surface area contributed by atoms with Crippen LogP contribution < -0.4 is 11.5 Å². The van der Waals surface area contributed by atoms with Gasteiger partial charge in [-0.2, -0.15) is 0 Å². The van der Waals surface area contributed by atoms with Crippen molar-refractivity contribution in [2.75, 3.05) is 0 Å². The third kappa shape index (κ3) is 2.20. The smallest absolute Gasteiger partial charge is 0.219 e. The van der Waals surface area contributed by atoms with Gasteiger partial charge in [0.15, 0.2) is 0 Å². The summed E-state index contributed by atoms with van der Waals surface area (Å²) < 4.78 is 0. The van der Waals surface area contributed by atoms with Crippen LogP contribution in [-0.2, 0) is 4.79 Å². The summed E-state index contributed by atoms with van der Waals surface area (Å²) in [5, 5.41) is 2.44. The van der Waals surface area contributed by atoms with Crippen LogP contribution in [0, 0.1) is 0 Å². The molecule has 0 aromatic carbocycles. The Kier molecular flexibility index (Phi) is 3.08. The lowest BCUT2D eigenvalue weighted by Crippen LogP contribution is -2.20. The Morgan fingerprint density at radius 2 is 2.42 bits per heavy atom. The summed E-state index contributed by atoms with van der Waals surface area (Å²) in [6.45, 7) is 0. The molecule has 3 nitrogen and oxygen atoms in total. The van der Waals surface area contributed by atoms with Gasteiger partial charge < -0.3 is 11.5 Å². The first-order valence-electron chi connectivity index (χ1n) is 3.38. The van der Waals surface area contributed by atoms with Crippen molar-refractivity contribution in [3.8, 4) is 0 Å². The van der Waals surface area contributed by atoms with E-state index in [4.69, 9.17) is 23.1 Å². The van der Waals surface area contributed by atoms with Crippen molar-refractivity contribution in [3.63, 3.8) is 0 Å². The van der Waals surface area contributed by atoms with Gasteiger partial charge in [0, 0.05) is 17.3 Å². The van der Waals surface area contributed by atoms with E-state index >= 15 is 0 Å². The summed E-state index contributed by atoms with van der Waals surface area (Å²) in [5.41, 5.74) is 10.7. The quantitative estimate of drug-likeness (QED) is 0.779. The Hall–Kier alpha value is -0.580. The van der Waals surface area contributed by atoms with Crippen molar-refractivity contribution in [1.29, 1.82) is 0 Å². The first kappa shape index (κ1) is 9.51. The highest BCUT2D eigenvalue weighted by atomic mass is 35.5. The summed E-state index contributed by atoms with van der Waals surface area (Å²) >= 11 is 7.23. The predicted molar refractivity (Wildman–Crippen MR) is 50.1 cm³/mol. The molecule has 0 saturated heterocycles. The molecule has 0 aliphatic heterocycles. The molecule has 1 rings (SSSR count). The molecule has 4 N–H and O–H groups in total. The second-order valence-electron chi connectivity index (χ2n) is 2.41. The van der Waals surface area contributed by atoms with E-state index in [1.165, 1.54) is 11.3 Å².